The molecule has 1 aliphatic rings. The van der Waals surface area contributed by atoms with Crippen molar-refractivity contribution in [2.45, 2.75) is 59.4 Å². The average Bonchev–Trinajstić information content (AvgIpc) is 2.47. The monoisotopic (exact) mass is 183 g/mol. The Balaban J connectivity index is 2.28. The summed E-state index contributed by atoms with van der Waals surface area (Å²) in [5.41, 5.74) is 0.517. The zero-order chi connectivity index (χ0) is 9.90. The van der Waals surface area contributed by atoms with E-state index in [0.717, 1.165) is 12.0 Å². The molecule has 1 heteroatoms. The van der Waals surface area contributed by atoms with E-state index < -0.39 is 0 Å². The van der Waals surface area contributed by atoms with Gasteiger partial charge in [0, 0.05) is 6.04 Å². The smallest absolute Gasteiger partial charge is 0.00700 e. The van der Waals surface area contributed by atoms with Crippen molar-refractivity contribution in [3.63, 3.8) is 0 Å². The molecule has 13 heavy (non-hydrogen) atoms. The minimum Gasteiger partial charge on any atom is -0.314 e. The van der Waals surface area contributed by atoms with Gasteiger partial charge in [-0.05, 0) is 43.6 Å². The molecule has 78 valence electrons. The Morgan fingerprint density at radius 3 is 2.38 bits per heavy atom. The van der Waals surface area contributed by atoms with Gasteiger partial charge in [0.1, 0.15) is 0 Å². The van der Waals surface area contributed by atoms with Crippen molar-refractivity contribution in [3.05, 3.63) is 0 Å². The van der Waals surface area contributed by atoms with E-state index >= 15 is 0 Å². The van der Waals surface area contributed by atoms with Gasteiger partial charge in [-0.15, -0.1) is 0 Å². The topological polar surface area (TPSA) is 12.0 Å². The van der Waals surface area contributed by atoms with E-state index in [0.29, 0.717) is 5.41 Å². The van der Waals surface area contributed by atoms with Crippen molar-refractivity contribution in [1.82, 2.24) is 5.32 Å². The van der Waals surface area contributed by atoms with E-state index in [-0.39, 0.29) is 0 Å². The molecule has 0 aromatic rings. The van der Waals surface area contributed by atoms with Gasteiger partial charge in [-0.25, -0.2) is 0 Å². The van der Waals surface area contributed by atoms with E-state index in [1.165, 1.54) is 32.2 Å². The second-order valence-electron chi connectivity index (χ2n) is 5.53. The molecule has 0 radical (unpaired) electrons. The summed E-state index contributed by atoms with van der Waals surface area (Å²) in [6.45, 7) is 10.6. The van der Waals surface area contributed by atoms with Gasteiger partial charge in [-0.2, -0.15) is 0 Å². The van der Waals surface area contributed by atoms with Crippen LogP contribution in [0, 0.1) is 11.3 Å². The molecule has 1 fully saturated rings. The highest BCUT2D eigenvalue weighted by molar-refractivity contribution is 4.86. The SMILES string of the molecule is CCCNC1CCC(C(C)(C)C)C1. The van der Waals surface area contributed by atoms with Crippen molar-refractivity contribution in [3.8, 4) is 0 Å². The van der Waals surface area contributed by atoms with Gasteiger partial charge in [-0.3, -0.25) is 0 Å². The highest BCUT2D eigenvalue weighted by atomic mass is 14.9. The van der Waals surface area contributed by atoms with Gasteiger partial charge >= 0.3 is 0 Å². The van der Waals surface area contributed by atoms with Crippen LogP contribution >= 0.6 is 0 Å². The third-order valence-corrected chi connectivity index (χ3v) is 3.34. The molecule has 2 unspecified atom stereocenters. The van der Waals surface area contributed by atoms with Crippen LogP contribution in [0.15, 0.2) is 0 Å². The van der Waals surface area contributed by atoms with Crippen LogP contribution in [-0.4, -0.2) is 12.6 Å². The Kier molecular flexibility index (Phi) is 3.78. The molecule has 1 rings (SSSR count). The normalized spacial score (nSPS) is 29.5. The largest absolute Gasteiger partial charge is 0.314 e. The molecule has 0 aromatic carbocycles. The molecule has 0 aromatic heterocycles. The molecular formula is C12H25N. The molecule has 0 aliphatic heterocycles. The lowest BCUT2D eigenvalue weighted by Crippen LogP contribution is -2.28. The third-order valence-electron chi connectivity index (χ3n) is 3.34. The number of rotatable bonds is 3. The maximum Gasteiger partial charge on any atom is 0.00700 e. The number of nitrogens with one attached hydrogen (secondary N) is 1. The first-order chi connectivity index (χ1) is 6.04. The molecule has 0 amide bonds. The summed E-state index contributed by atoms with van der Waals surface area (Å²) in [6.07, 6.45) is 5.47. The van der Waals surface area contributed by atoms with Crippen LogP contribution < -0.4 is 5.32 Å². The highest BCUT2D eigenvalue weighted by Crippen LogP contribution is 2.39. The molecule has 0 saturated heterocycles. The molecule has 2 atom stereocenters. The quantitative estimate of drug-likeness (QED) is 0.708. The minimum atomic E-state index is 0.517. The standard InChI is InChI=1S/C12H25N/c1-5-8-13-11-7-6-10(9-11)12(2,3)4/h10-11,13H,5-9H2,1-4H3. The Labute approximate surface area is 83.3 Å². The van der Waals surface area contributed by atoms with Gasteiger partial charge in [0.05, 0.1) is 0 Å². The Morgan fingerprint density at radius 2 is 1.92 bits per heavy atom. The maximum atomic E-state index is 3.63. The zero-order valence-corrected chi connectivity index (χ0v) is 9.69. The first-order valence-corrected chi connectivity index (χ1v) is 5.77. The van der Waals surface area contributed by atoms with E-state index in [1.54, 1.807) is 0 Å². The van der Waals surface area contributed by atoms with Gasteiger partial charge in [-0.1, -0.05) is 27.7 Å². The lowest BCUT2D eigenvalue weighted by atomic mass is 9.80. The first kappa shape index (κ1) is 11.0. The summed E-state index contributed by atoms with van der Waals surface area (Å²) >= 11 is 0. The summed E-state index contributed by atoms with van der Waals surface area (Å²) in [7, 11) is 0. The molecule has 0 spiro atoms. The fourth-order valence-electron chi connectivity index (χ4n) is 2.30. The second kappa shape index (κ2) is 4.45. The van der Waals surface area contributed by atoms with Gasteiger partial charge in [0.25, 0.3) is 0 Å². The number of hydrogen-bond donors (Lipinski definition) is 1. The average molecular weight is 183 g/mol. The van der Waals surface area contributed by atoms with Crippen LogP contribution in [0.5, 0.6) is 0 Å². The fraction of sp³-hybridized carbons (Fsp3) is 1.00. The Hall–Kier alpha value is -0.0400. The Morgan fingerprint density at radius 1 is 1.23 bits per heavy atom. The van der Waals surface area contributed by atoms with Crippen LogP contribution in [0.25, 0.3) is 0 Å². The van der Waals surface area contributed by atoms with Crippen molar-refractivity contribution >= 4 is 0 Å². The van der Waals surface area contributed by atoms with Crippen molar-refractivity contribution < 1.29 is 0 Å². The van der Waals surface area contributed by atoms with E-state index in [2.05, 4.69) is 33.0 Å². The zero-order valence-electron chi connectivity index (χ0n) is 9.69. The van der Waals surface area contributed by atoms with Gasteiger partial charge < -0.3 is 5.32 Å². The summed E-state index contributed by atoms with van der Waals surface area (Å²) in [5.74, 6) is 0.932. The minimum absolute atomic E-state index is 0.517. The third kappa shape index (κ3) is 3.30. The molecule has 1 N–H and O–H groups in total. The lowest BCUT2D eigenvalue weighted by Gasteiger charge is -2.27. The van der Waals surface area contributed by atoms with Crippen molar-refractivity contribution in [1.29, 1.82) is 0 Å². The molecule has 0 heterocycles. The second-order valence-corrected chi connectivity index (χ2v) is 5.53. The summed E-state index contributed by atoms with van der Waals surface area (Å²) in [4.78, 5) is 0. The van der Waals surface area contributed by atoms with Crippen LogP contribution in [0.4, 0.5) is 0 Å². The molecular weight excluding hydrogens is 158 g/mol. The fourth-order valence-corrected chi connectivity index (χ4v) is 2.30. The predicted molar refractivity (Wildman–Crippen MR) is 58.9 cm³/mol. The van der Waals surface area contributed by atoms with E-state index in [1.807, 2.05) is 0 Å². The van der Waals surface area contributed by atoms with Crippen molar-refractivity contribution in [2.24, 2.45) is 11.3 Å². The van der Waals surface area contributed by atoms with Crippen LogP contribution in [-0.2, 0) is 0 Å². The predicted octanol–water partition coefficient (Wildman–Crippen LogP) is 3.20. The van der Waals surface area contributed by atoms with Crippen LogP contribution in [0.1, 0.15) is 53.4 Å². The summed E-state index contributed by atoms with van der Waals surface area (Å²) < 4.78 is 0. The summed E-state index contributed by atoms with van der Waals surface area (Å²) in [5, 5.41) is 3.63. The van der Waals surface area contributed by atoms with E-state index in [4.69, 9.17) is 0 Å². The molecule has 0 bridgehead atoms. The van der Waals surface area contributed by atoms with Crippen LogP contribution in [0.3, 0.4) is 0 Å². The molecule has 1 aliphatic carbocycles. The van der Waals surface area contributed by atoms with Gasteiger partial charge in [0.15, 0.2) is 0 Å². The van der Waals surface area contributed by atoms with Gasteiger partial charge in [0.2, 0.25) is 0 Å². The van der Waals surface area contributed by atoms with Crippen molar-refractivity contribution in [2.75, 3.05) is 6.54 Å². The summed E-state index contributed by atoms with van der Waals surface area (Å²) in [6, 6.07) is 0.809. The number of hydrogen-bond acceptors (Lipinski definition) is 1. The maximum absolute atomic E-state index is 3.63. The molecule has 1 nitrogen and oxygen atoms in total. The Bertz CT molecular complexity index is 146. The van der Waals surface area contributed by atoms with E-state index in [9.17, 15) is 0 Å². The first-order valence-electron chi connectivity index (χ1n) is 5.77. The molecule has 1 saturated carbocycles. The highest BCUT2D eigenvalue weighted by Gasteiger charge is 2.32. The lowest BCUT2D eigenvalue weighted by molar-refractivity contribution is 0.241. The van der Waals surface area contributed by atoms with Crippen LogP contribution in [0.2, 0.25) is 0 Å².